The molecule has 1 amide bonds. The number of sulfonamides is 2. The van der Waals surface area contributed by atoms with Crippen molar-refractivity contribution in [1.82, 2.24) is 9.21 Å². The van der Waals surface area contributed by atoms with Crippen LogP contribution in [-0.4, -0.2) is 64.0 Å². The third kappa shape index (κ3) is 4.62. The van der Waals surface area contributed by atoms with Gasteiger partial charge in [-0.05, 0) is 54.6 Å². The fourth-order valence-electron chi connectivity index (χ4n) is 4.12. The van der Waals surface area contributed by atoms with Crippen LogP contribution in [0.4, 0.5) is 5.69 Å². The van der Waals surface area contributed by atoms with E-state index in [0.29, 0.717) is 21.8 Å². The number of hydrogen-bond donors (Lipinski definition) is 1. The first-order chi connectivity index (χ1) is 17.1. The molecule has 3 aromatic carbocycles. The van der Waals surface area contributed by atoms with E-state index in [4.69, 9.17) is 11.6 Å². The second-order valence-electron chi connectivity index (χ2n) is 8.27. The summed E-state index contributed by atoms with van der Waals surface area (Å²) in [7, 11) is -7.43. The number of nitrogens with one attached hydrogen (secondary N) is 1. The van der Waals surface area contributed by atoms with Crippen molar-refractivity contribution in [2.24, 2.45) is 4.40 Å². The van der Waals surface area contributed by atoms with E-state index in [2.05, 4.69) is 9.71 Å². The van der Waals surface area contributed by atoms with Gasteiger partial charge in [0.15, 0.2) is 5.84 Å². The van der Waals surface area contributed by atoms with Gasteiger partial charge in [0.25, 0.3) is 15.9 Å². The Labute approximate surface area is 214 Å². The predicted molar refractivity (Wildman–Crippen MR) is 136 cm³/mol. The highest BCUT2D eigenvalue weighted by Gasteiger charge is 2.31. The lowest BCUT2D eigenvalue weighted by Gasteiger charge is -2.34. The number of carbonyl (C=O) groups is 1. The van der Waals surface area contributed by atoms with Crippen LogP contribution in [0.5, 0.6) is 0 Å². The molecule has 2 aliphatic rings. The normalized spacial score (nSPS) is 17.4. The molecule has 2 aliphatic heterocycles. The lowest BCUT2D eigenvalue weighted by atomic mass is 10.1. The van der Waals surface area contributed by atoms with Gasteiger partial charge in [0.05, 0.1) is 4.90 Å². The molecule has 0 aromatic heterocycles. The monoisotopic (exact) mass is 544 g/mol. The number of anilines is 1. The Hall–Kier alpha value is -3.25. The van der Waals surface area contributed by atoms with Crippen LogP contribution in [-0.2, 0) is 20.0 Å². The Morgan fingerprint density at radius 1 is 0.917 bits per heavy atom. The maximum Gasteiger partial charge on any atom is 0.285 e. The minimum absolute atomic E-state index is 0.125. The average molecular weight is 545 g/mol. The van der Waals surface area contributed by atoms with Gasteiger partial charge in [-0.1, -0.05) is 29.8 Å². The molecule has 0 saturated carbocycles. The lowest BCUT2D eigenvalue weighted by Crippen LogP contribution is -2.50. The van der Waals surface area contributed by atoms with Crippen molar-refractivity contribution < 1.29 is 21.6 Å². The summed E-state index contributed by atoms with van der Waals surface area (Å²) < 4.78 is 55.4. The number of halogens is 1. The fourth-order valence-corrected chi connectivity index (χ4v) is 7.02. The zero-order valence-electron chi connectivity index (χ0n) is 18.8. The van der Waals surface area contributed by atoms with Crippen LogP contribution in [0.15, 0.2) is 87.0 Å². The first-order valence-electron chi connectivity index (χ1n) is 11.0. The summed E-state index contributed by atoms with van der Waals surface area (Å²) in [6.45, 7) is 0.857. The van der Waals surface area contributed by atoms with Gasteiger partial charge < -0.3 is 10.2 Å². The molecular formula is C24H21ClN4O5S2. The number of hydrogen-bond acceptors (Lipinski definition) is 6. The van der Waals surface area contributed by atoms with Crippen LogP contribution in [0, 0.1) is 0 Å². The molecule has 3 aromatic rings. The maximum atomic E-state index is 13.0. The molecule has 36 heavy (non-hydrogen) atoms. The summed E-state index contributed by atoms with van der Waals surface area (Å²) in [5.74, 6) is 0.00851. The zero-order valence-corrected chi connectivity index (χ0v) is 21.2. The molecule has 12 heteroatoms. The zero-order chi connectivity index (χ0) is 25.5. The number of fused-ring (bicyclic) bond motifs is 1. The Balaban J connectivity index is 1.23. The summed E-state index contributed by atoms with van der Waals surface area (Å²) in [4.78, 5) is 14.9. The van der Waals surface area contributed by atoms with Crippen LogP contribution in [0.25, 0.3) is 0 Å². The fraction of sp³-hybridized carbons (Fsp3) is 0.167. The van der Waals surface area contributed by atoms with Crippen molar-refractivity contribution in [3.05, 3.63) is 88.9 Å². The van der Waals surface area contributed by atoms with Crippen LogP contribution in [0.3, 0.4) is 0 Å². The number of nitrogens with zero attached hydrogens (tertiary/aromatic N) is 3. The highest BCUT2D eigenvalue weighted by Crippen LogP contribution is 2.27. The van der Waals surface area contributed by atoms with E-state index in [1.807, 2.05) is 0 Å². The maximum absolute atomic E-state index is 13.0. The summed E-state index contributed by atoms with van der Waals surface area (Å²) in [5.41, 5.74) is 1.51. The van der Waals surface area contributed by atoms with E-state index in [0.717, 1.165) is 0 Å². The van der Waals surface area contributed by atoms with E-state index >= 15 is 0 Å². The molecule has 9 nitrogen and oxygen atoms in total. The second kappa shape index (κ2) is 9.32. The van der Waals surface area contributed by atoms with Crippen molar-refractivity contribution in [1.29, 1.82) is 0 Å². The summed E-state index contributed by atoms with van der Waals surface area (Å²) >= 11 is 5.94. The number of piperazine rings is 1. The molecule has 0 spiro atoms. The van der Waals surface area contributed by atoms with Gasteiger partial charge in [0.2, 0.25) is 10.0 Å². The van der Waals surface area contributed by atoms with Crippen LogP contribution < -0.4 is 5.32 Å². The third-order valence-electron chi connectivity index (χ3n) is 5.99. The van der Waals surface area contributed by atoms with Gasteiger partial charge in [-0.3, -0.25) is 4.79 Å². The van der Waals surface area contributed by atoms with Gasteiger partial charge in [-0.25, -0.2) is 8.42 Å². The molecule has 0 unspecified atom stereocenters. The minimum Gasteiger partial charge on any atom is -0.339 e. The first-order valence-corrected chi connectivity index (χ1v) is 14.3. The quantitative estimate of drug-likeness (QED) is 0.539. The Bertz CT molecular complexity index is 1580. The van der Waals surface area contributed by atoms with Gasteiger partial charge in [0.1, 0.15) is 4.90 Å². The van der Waals surface area contributed by atoms with Gasteiger partial charge in [-0.15, -0.1) is 4.40 Å². The van der Waals surface area contributed by atoms with Gasteiger partial charge in [-0.2, -0.15) is 12.7 Å². The highest BCUT2D eigenvalue weighted by molar-refractivity contribution is 7.90. The van der Waals surface area contributed by atoms with Crippen molar-refractivity contribution in [2.45, 2.75) is 9.79 Å². The molecule has 0 radical (unpaired) electrons. The molecule has 0 atom stereocenters. The predicted octanol–water partition coefficient (Wildman–Crippen LogP) is 3.05. The van der Waals surface area contributed by atoms with E-state index in [9.17, 15) is 21.6 Å². The Morgan fingerprint density at radius 2 is 1.61 bits per heavy atom. The van der Waals surface area contributed by atoms with Crippen molar-refractivity contribution in [3.8, 4) is 0 Å². The molecule has 186 valence electrons. The van der Waals surface area contributed by atoms with Gasteiger partial charge in [0, 0.05) is 48.0 Å². The van der Waals surface area contributed by atoms with Crippen molar-refractivity contribution in [2.75, 3.05) is 31.5 Å². The van der Waals surface area contributed by atoms with Crippen LogP contribution in [0.1, 0.15) is 15.9 Å². The number of amides is 1. The summed E-state index contributed by atoms with van der Waals surface area (Å²) in [5, 5.41) is 3.34. The average Bonchev–Trinajstić information content (AvgIpc) is 3.14. The topological polar surface area (TPSA) is 116 Å². The second-order valence-corrected chi connectivity index (χ2v) is 12.2. The highest BCUT2D eigenvalue weighted by atomic mass is 35.5. The van der Waals surface area contributed by atoms with E-state index < -0.39 is 20.0 Å². The number of benzene rings is 3. The summed E-state index contributed by atoms with van der Waals surface area (Å²) in [6, 6.07) is 19.3. The molecule has 1 fully saturated rings. The number of rotatable bonds is 4. The van der Waals surface area contributed by atoms with Crippen molar-refractivity contribution >= 4 is 49.1 Å². The smallest absolute Gasteiger partial charge is 0.285 e. The molecular weight excluding hydrogens is 524 g/mol. The van der Waals surface area contributed by atoms with Crippen molar-refractivity contribution in [3.63, 3.8) is 0 Å². The SMILES string of the molecule is O=C(c1ccc(NC2=NS(=O)(=O)c3ccccc32)cc1)N1CCN(S(=O)(=O)c2cccc(Cl)c2)CC1. The lowest BCUT2D eigenvalue weighted by molar-refractivity contribution is 0.0698. The molecule has 0 aliphatic carbocycles. The van der Waals surface area contributed by atoms with Crippen LogP contribution >= 0.6 is 11.6 Å². The van der Waals surface area contributed by atoms with E-state index in [1.165, 1.54) is 22.5 Å². The Kier molecular flexibility index (Phi) is 6.33. The van der Waals surface area contributed by atoms with E-state index in [-0.39, 0.29) is 47.7 Å². The molecule has 2 heterocycles. The first kappa shape index (κ1) is 24.4. The van der Waals surface area contributed by atoms with Crippen LogP contribution in [0.2, 0.25) is 5.02 Å². The largest absolute Gasteiger partial charge is 0.339 e. The summed E-state index contributed by atoms with van der Waals surface area (Å²) in [6.07, 6.45) is 0. The van der Waals surface area contributed by atoms with E-state index in [1.54, 1.807) is 59.5 Å². The molecule has 1 saturated heterocycles. The molecule has 5 rings (SSSR count). The molecule has 0 bridgehead atoms. The minimum atomic E-state index is -3.73. The number of carbonyl (C=O) groups excluding carboxylic acids is 1. The standard InChI is InChI=1S/C24H21ClN4O5S2/c25-18-4-3-5-20(16-18)36(33,34)29-14-12-28(13-15-29)24(30)17-8-10-19(11-9-17)26-23-21-6-1-2-7-22(21)35(31,32)27-23/h1-11,16H,12-15H2,(H,26,27). The third-order valence-corrected chi connectivity index (χ3v) is 9.45. The Morgan fingerprint density at radius 3 is 2.31 bits per heavy atom. The number of amidine groups is 1. The van der Waals surface area contributed by atoms with Gasteiger partial charge >= 0.3 is 0 Å². The molecule has 1 N–H and O–H groups in total.